The molecule has 0 unspecified atom stereocenters. The lowest BCUT2D eigenvalue weighted by atomic mass is 10.2. The number of carbonyl (C=O) groups is 1. The Morgan fingerprint density at radius 1 is 1.39 bits per heavy atom. The van der Waals surface area contributed by atoms with Gasteiger partial charge in [0.05, 0.1) is 18.3 Å². The van der Waals surface area contributed by atoms with Gasteiger partial charge in [-0.2, -0.15) is 0 Å². The molecule has 0 aliphatic heterocycles. The van der Waals surface area contributed by atoms with E-state index in [1.54, 1.807) is 18.7 Å². The van der Waals surface area contributed by atoms with Gasteiger partial charge >= 0.3 is 5.97 Å². The first kappa shape index (κ1) is 10.6. The molecule has 90 valence electrons. The van der Waals surface area contributed by atoms with E-state index in [1.165, 1.54) is 0 Å². The summed E-state index contributed by atoms with van der Waals surface area (Å²) in [5, 5.41) is 13.6. The van der Waals surface area contributed by atoms with Crippen molar-refractivity contribution in [3.63, 3.8) is 0 Å². The molecule has 0 fully saturated rings. The van der Waals surface area contributed by atoms with Crippen LogP contribution in [0.3, 0.4) is 0 Å². The molecule has 0 atom stereocenters. The summed E-state index contributed by atoms with van der Waals surface area (Å²) in [5.74, 6) is -0.921. The molecule has 0 radical (unpaired) electrons. The molecular formula is C13H10N2O3. The molecule has 2 aromatic heterocycles. The van der Waals surface area contributed by atoms with Crippen LogP contribution in [-0.4, -0.2) is 20.8 Å². The summed E-state index contributed by atoms with van der Waals surface area (Å²) in [6.07, 6.45) is 4.81. The zero-order chi connectivity index (χ0) is 12.5. The zero-order valence-corrected chi connectivity index (χ0v) is 9.41. The SMILES string of the molecule is O=C(O)c1cn(Cc2cnoc2)c2ccccc12. The summed E-state index contributed by atoms with van der Waals surface area (Å²) in [7, 11) is 0. The lowest BCUT2D eigenvalue weighted by Crippen LogP contribution is -1.97. The average Bonchev–Trinajstić information content (AvgIpc) is 2.98. The number of para-hydroxylation sites is 1. The third kappa shape index (κ3) is 1.66. The molecule has 3 rings (SSSR count). The number of aromatic carboxylic acids is 1. The van der Waals surface area contributed by atoms with Gasteiger partial charge < -0.3 is 14.2 Å². The summed E-state index contributed by atoms with van der Waals surface area (Å²) in [4.78, 5) is 11.2. The molecule has 0 aliphatic carbocycles. The minimum absolute atomic E-state index is 0.307. The third-order valence-electron chi connectivity index (χ3n) is 2.86. The number of rotatable bonds is 3. The van der Waals surface area contributed by atoms with Crippen LogP contribution < -0.4 is 0 Å². The van der Waals surface area contributed by atoms with Crippen molar-refractivity contribution in [3.05, 3.63) is 54.0 Å². The second-order valence-corrected chi connectivity index (χ2v) is 4.03. The molecule has 0 aliphatic rings. The highest BCUT2D eigenvalue weighted by atomic mass is 16.5. The van der Waals surface area contributed by atoms with Crippen LogP contribution in [0.4, 0.5) is 0 Å². The fourth-order valence-corrected chi connectivity index (χ4v) is 2.05. The van der Waals surface area contributed by atoms with Crippen LogP contribution in [0.2, 0.25) is 0 Å². The molecule has 5 heteroatoms. The van der Waals surface area contributed by atoms with Crippen LogP contribution in [0.1, 0.15) is 15.9 Å². The Kier molecular flexibility index (Phi) is 2.37. The van der Waals surface area contributed by atoms with Crippen molar-refractivity contribution in [3.8, 4) is 0 Å². The monoisotopic (exact) mass is 242 g/mol. The number of hydrogen-bond acceptors (Lipinski definition) is 3. The molecule has 18 heavy (non-hydrogen) atoms. The van der Waals surface area contributed by atoms with Gasteiger partial charge in [0, 0.05) is 22.7 Å². The number of carboxylic acids is 1. The van der Waals surface area contributed by atoms with Gasteiger partial charge in [-0.25, -0.2) is 4.79 Å². The molecule has 0 saturated heterocycles. The molecule has 0 bridgehead atoms. The van der Waals surface area contributed by atoms with Gasteiger partial charge in [0.1, 0.15) is 6.26 Å². The average molecular weight is 242 g/mol. The van der Waals surface area contributed by atoms with E-state index in [9.17, 15) is 9.90 Å². The molecule has 5 nitrogen and oxygen atoms in total. The van der Waals surface area contributed by atoms with Crippen molar-refractivity contribution in [1.82, 2.24) is 9.72 Å². The van der Waals surface area contributed by atoms with E-state index < -0.39 is 5.97 Å². The Morgan fingerprint density at radius 3 is 2.94 bits per heavy atom. The molecule has 0 spiro atoms. The van der Waals surface area contributed by atoms with E-state index in [2.05, 4.69) is 5.16 Å². The highest BCUT2D eigenvalue weighted by Gasteiger charge is 2.13. The van der Waals surface area contributed by atoms with Crippen molar-refractivity contribution in [2.24, 2.45) is 0 Å². The van der Waals surface area contributed by atoms with Crippen LogP contribution in [0, 0.1) is 0 Å². The molecule has 3 aromatic rings. The first-order valence-corrected chi connectivity index (χ1v) is 5.45. The number of aromatic nitrogens is 2. The molecule has 1 aromatic carbocycles. The van der Waals surface area contributed by atoms with Gasteiger partial charge in [-0.05, 0) is 6.07 Å². The van der Waals surface area contributed by atoms with Gasteiger partial charge in [-0.1, -0.05) is 23.4 Å². The van der Waals surface area contributed by atoms with Gasteiger partial charge in [-0.3, -0.25) is 0 Å². The van der Waals surface area contributed by atoms with Gasteiger partial charge in [0.25, 0.3) is 0 Å². The van der Waals surface area contributed by atoms with Crippen LogP contribution in [-0.2, 0) is 6.54 Å². The fraction of sp³-hybridized carbons (Fsp3) is 0.0769. The molecule has 1 N–H and O–H groups in total. The maximum Gasteiger partial charge on any atom is 0.337 e. The lowest BCUT2D eigenvalue weighted by Gasteiger charge is -2.01. The second kappa shape index (κ2) is 4.03. The first-order chi connectivity index (χ1) is 8.75. The lowest BCUT2D eigenvalue weighted by molar-refractivity contribution is 0.0699. The van der Waals surface area contributed by atoms with Gasteiger partial charge in [0.2, 0.25) is 0 Å². The molecular weight excluding hydrogens is 232 g/mol. The predicted molar refractivity (Wildman–Crippen MR) is 64.5 cm³/mol. The summed E-state index contributed by atoms with van der Waals surface area (Å²) in [5.41, 5.74) is 2.09. The maximum atomic E-state index is 11.2. The number of hydrogen-bond donors (Lipinski definition) is 1. The van der Waals surface area contributed by atoms with E-state index in [-0.39, 0.29) is 0 Å². The van der Waals surface area contributed by atoms with Crippen molar-refractivity contribution in [1.29, 1.82) is 0 Å². The van der Waals surface area contributed by atoms with Crippen molar-refractivity contribution in [2.75, 3.05) is 0 Å². The Bertz CT molecular complexity index is 698. The summed E-state index contributed by atoms with van der Waals surface area (Å²) < 4.78 is 6.65. The van der Waals surface area contributed by atoms with Crippen LogP contribution in [0.25, 0.3) is 10.9 Å². The van der Waals surface area contributed by atoms with Gasteiger partial charge in [0.15, 0.2) is 0 Å². The Morgan fingerprint density at radius 2 is 2.22 bits per heavy atom. The summed E-state index contributed by atoms with van der Waals surface area (Å²) >= 11 is 0. The molecule has 0 saturated carbocycles. The van der Waals surface area contributed by atoms with E-state index in [1.807, 2.05) is 28.8 Å². The smallest absolute Gasteiger partial charge is 0.337 e. The fourth-order valence-electron chi connectivity index (χ4n) is 2.05. The van der Waals surface area contributed by atoms with Crippen molar-refractivity contribution in [2.45, 2.75) is 6.54 Å². The predicted octanol–water partition coefficient (Wildman–Crippen LogP) is 2.38. The maximum absolute atomic E-state index is 11.2. The Balaban J connectivity index is 2.14. The normalized spacial score (nSPS) is 10.9. The minimum atomic E-state index is -0.921. The van der Waals surface area contributed by atoms with E-state index in [4.69, 9.17) is 4.52 Å². The third-order valence-corrected chi connectivity index (χ3v) is 2.86. The topological polar surface area (TPSA) is 68.3 Å². The number of fused-ring (bicyclic) bond motifs is 1. The van der Waals surface area contributed by atoms with E-state index >= 15 is 0 Å². The number of carboxylic acid groups (broad SMARTS) is 1. The molecule has 0 amide bonds. The first-order valence-electron chi connectivity index (χ1n) is 5.45. The van der Waals surface area contributed by atoms with Crippen molar-refractivity contribution < 1.29 is 14.4 Å². The van der Waals surface area contributed by atoms with Crippen LogP contribution in [0.15, 0.2) is 47.4 Å². The van der Waals surface area contributed by atoms with E-state index in [0.717, 1.165) is 16.5 Å². The minimum Gasteiger partial charge on any atom is -0.478 e. The quantitative estimate of drug-likeness (QED) is 0.765. The Labute approximate surface area is 102 Å². The Hall–Kier alpha value is -2.56. The molecule has 2 heterocycles. The van der Waals surface area contributed by atoms with Gasteiger partial charge in [-0.15, -0.1) is 0 Å². The van der Waals surface area contributed by atoms with Crippen LogP contribution in [0.5, 0.6) is 0 Å². The number of nitrogens with zero attached hydrogens (tertiary/aromatic N) is 2. The highest BCUT2D eigenvalue weighted by Crippen LogP contribution is 2.22. The largest absolute Gasteiger partial charge is 0.478 e. The summed E-state index contributed by atoms with van der Waals surface area (Å²) in [6, 6.07) is 7.43. The second-order valence-electron chi connectivity index (χ2n) is 4.03. The van der Waals surface area contributed by atoms with Crippen molar-refractivity contribution >= 4 is 16.9 Å². The highest BCUT2D eigenvalue weighted by molar-refractivity contribution is 6.03. The standard InChI is InChI=1S/C13H10N2O3/c16-13(17)11-7-15(6-9-5-14-18-8-9)12-4-2-1-3-10(11)12/h1-5,7-8H,6H2,(H,16,17). The summed E-state index contributed by atoms with van der Waals surface area (Å²) in [6.45, 7) is 0.539. The zero-order valence-electron chi connectivity index (χ0n) is 9.41. The van der Waals surface area contributed by atoms with E-state index in [0.29, 0.717) is 12.1 Å². The van der Waals surface area contributed by atoms with Crippen LogP contribution >= 0.6 is 0 Å². The number of benzene rings is 1.